The van der Waals surface area contributed by atoms with Gasteiger partial charge in [0, 0.05) is 26.3 Å². The highest BCUT2D eigenvalue weighted by Gasteiger charge is 2.22. The van der Waals surface area contributed by atoms with Gasteiger partial charge in [0.05, 0.1) is 0 Å². The molecule has 1 unspecified atom stereocenters. The highest BCUT2D eigenvalue weighted by atomic mass is 16.5. The monoisotopic (exact) mass is 236 g/mol. The number of aromatic nitrogens is 2. The Bertz CT molecular complexity index is 383. The van der Waals surface area contributed by atoms with Crippen LogP contribution in [-0.2, 0) is 11.3 Å². The van der Waals surface area contributed by atoms with E-state index in [2.05, 4.69) is 21.8 Å². The highest BCUT2D eigenvalue weighted by Crippen LogP contribution is 2.25. The molecule has 2 rings (SSSR count). The minimum Gasteiger partial charge on any atom is -0.384 e. The summed E-state index contributed by atoms with van der Waals surface area (Å²) in [5.74, 6) is 2.88. The first kappa shape index (κ1) is 12.1. The molecular weight excluding hydrogens is 216 g/mol. The van der Waals surface area contributed by atoms with E-state index in [9.17, 15) is 0 Å². The largest absolute Gasteiger partial charge is 0.384 e. The number of nitrogens with zero attached hydrogens (tertiary/aromatic N) is 3. The Labute approximate surface area is 102 Å². The van der Waals surface area contributed by atoms with Crippen LogP contribution < -0.4 is 10.6 Å². The first-order chi connectivity index (χ1) is 8.22. The van der Waals surface area contributed by atoms with Crippen LogP contribution in [0.4, 0.5) is 11.6 Å². The molecule has 1 aliphatic heterocycles. The quantitative estimate of drug-likeness (QED) is 0.857. The molecular formula is C12H20N4O. The summed E-state index contributed by atoms with van der Waals surface area (Å²) >= 11 is 0. The molecule has 1 fully saturated rings. The van der Waals surface area contributed by atoms with Crippen molar-refractivity contribution in [2.24, 2.45) is 5.92 Å². The molecule has 2 heterocycles. The number of hydrogen-bond acceptors (Lipinski definition) is 5. The van der Waals surface area contributed by atoms with Crippen LogP contribution in [0.5, 0.6) is 0 Å². The van der Waals surface area contributed by atoms with E-state index in [1.54, 1.807) is 7.11 Å². The third-order valence-electron chi connectivity index (χ3n) is 3.24. The second-order valence-electron chi connectivity index (χ2n) is 4.51. The van der Waals surface area contributed by atoms with Crippen molar-refractivity contribution in [2.45, 2.75) is 26.4 Å². The Morgan fingerprint density at radius 3 is 3.00 bits per heavy atom. The second kappa shape index (κ2) is 5.31. The van der Waals surface area contributed by atoms with E-state index in [0.717, 1.165) is 24.8 Å². The molecule has 5 heteroatoms. The van der Waals surface area contributed by atoms with Gasteiger partial charge in [0.2, 0.25) is 0 Å². The lowest BCUT2D eigenvalue weighted by molar-refractivity contribution is 0.178. The van der Waals surface area contributed by atoms with Crippen LogP contribution in [0.2, 0.25) is 0 Å². The van der Waals surface area contributed by atoms with Gasteiger partial charge < -0.3 is 15.4 Å². The van der Waals surface area contributed by atoms with Crippen molar-refractivity contribution in [1.29, 1.82) is 0 Å². The minimum absolute atomic E-state index is 0.406. The van der Waals surface area contributed by atoms with E-state index >= 15 is 0 Å². The zero-order valence-corrected chi connectivity index (χ0v) is 10.5. The van der Waals surface area contributed by atoms with E-state index in [1.807, 2.05) is 6.07 Å². The molecule has 1 aliphatic rings. The summed E-state index contributed by atoms with van der Waals surface area (Å²) in [5, 5.41) is 0. The number of rotatable bonds is 4. The molecule has 1 aromatic heterocycles. The van der Waals surface area contributed by atoms with Gasteiger partial charge in [-0.2, -0.15) is 0 Å². The maximum Gasteiger partial charge on any atom is 0.158 e. The molecule has 17 heavy (non-hydrogen) atoms. The first-order valence-electron chi connectivity index (χ1n) is 6.10. The molecule has 0 saturated carbocycles. The van der Waals surface area contributed by atoms with Crippen molar-refractivity contribution in [3.63, 3.8) is 0 Å². The van der Waals surface area contributed by atoms with Gasteiger partial charge in [0.15, 0.2) is 5.82 Å². The predicted molar refractivity (Wildman–Crippen MR) is 67.8 cm³/mol. The molecule has 1 saturated heterocycles. The first-order valence-corrected chi connectivity index (χ1v) is 6.10. The smallest absolute Gasteiger partial charge is 0.158 e. The fourth-order valence-corrected chi connectivity index (χ4v) is 2.23. The molecule has 0 bridgehead atoms. The summed E-state index contributed by atoms with van der Waals surface area (Å²) in [6.07, 6.45) is 2.46. The van der Waals surface area contributed by atoms with Crippen LogP contribution >= 0.6 is 0 Å². The fourth-order valence-electron chi connectivity index (χ4n) is 2.23. The van der Waals surface area contributed by atoms with E-state index < -0.39 is 0 Å². The van der Waals surface area contributed by atoms with Gasteiger partial charge in [-0.05, 0) is 12.3 Å². The SMILES string of the molecule is CCC1CCN(c2cc(N)nc(COC)n2)C1. The average molecular weight is 236 g/mol. The maximum absolute atomic E-state index is 5.79. The molecule has 2 N–H and O–H groups in total. The van der Waals surface area contributed by atoms with Crippen molar-refractivity contribution in [2.75, 3.05) is 30.8 Å². The van der Waals surface area contributed by atoms with Gasteiger partial charge in [-0.3, -0.25) is 0 Å². The summed E-state index contributed by atoms with van der Waals surface area (Å²) in [4.78, 5) is 10.9. The van der Waals surface area contributed by atoms with Gasteiger partial charge in [-0.25, -0.2) is 9.97 Å². The Hall–Kier alpha value is -1.36. The Morgan fingerprint density at radius 1 is 1.53 bits per heavy atom. The normalized spacial score (nSPS) is 19.9. The highest BCUT2D eigenvalue weighted by molar-refractivity contribution is 5.47. The Balaban J connectivity index is 2.15. The van der Waals surface area contributed by atoms with Gasteiger partial charge in [-0.1, -0.05) is 13.3 Å². The van der Waals surface area contributed by atoms with Gasteiger partial charge in [0.25, 0.3) is 0 Å². The minimum atomic E-state index is 0.406. The van der Waals surface area contributed by atoms with Crippen LogP contribution in [0, 0.1) is 5.92 Å². The zero-order valence-electron chi connectivity index (χ0n) is 10.5. The van der Waals surface area contributed by atoms with Crippen molar-refractivity contribution in [3.8, 4) is 0 Å². The molecule has 0 amide bonds. The van der Waals surface area contributed by atoms with Crippen LogP contribution in [0.1, 0.15) is 25.6 Å². The fraction of sp³-hybridized carbons (Fsp3) is 0.667. The molecule has 1 atom stereocenters. The van der Waals surface area contributed by atoms with E-state index in [1.165, 1.54) is 12.8 Å². The Morgan fingerprint density at radius 2 is 2.35 bits per heavy atom. The summed E-state index contributed by atoms with van der Waals surface area (Å²) in [7, 11) is 1.63. The van der Waals surface area contributed by atoms with E-state index in [-0.39, 0.29) is 0 Å². The van der Waals surface area contributed by atoms with Crippen molar-refractivity contribution in [1.82, 2.24) is 9.97 Å². The van der Waals surface area contributed by atoms with Crippen molar-refractivity contribution in [3.05, 3.63) is 11.9 Å². The lowest BCUT2D eigenvalue weighted by Gasteiger charge is -2.18. The molecule has 5 nitrogen and oxygen atoms in total. The Kier molecular flexibility index (Phi) is 3.78. The van der Waals surface area contributed by atoms with Crippen LogP contribution in [0.15, 0.2) is 6.07 Å². The summed E-state index contributed by atoms with van der Waals surface area (Å²) in [5.41, 5.74) is 5.79. The summed E-state index contributed by atoms with van der Waals surface area (Å²) in [6.45, 7) is 4.77. The van der Waals surface area contributed by atoms with Gasteiger partial charge in [-0.15, -0.1) is 0 Å². The predicted octanol–water partition coefficient (Wildman–Crippen LogP) is 1.44. The van der Waals surface area contributed by atoms with Crippen LogP contribution in [-0.4, -0.2) is 30.2 Å². The number of hydrogen-bond donors (Lipinski definition) is 1. The number of nitrogens with two attached hydrogens (primary N) is 1. The molecule has 1 aromatic rings. The lowest BCUT2D eigenvalue weighted by atomic mass is 10.1. The van der Waals surface area contributed by atoms with E-state index in [4.69, 9.17) is 10.5 Å². The lowest BCUT2D eigenvalue weighted by Crippen LogP contribution is -2.22. The number of methoxy groups -OCH3 is 1. The number of ether oxygens (including phenoxy) is 1. The third-order valence-corrected chi connectivity index (χ3v) is 3.24. The van der Waals surface area contributed by atoms with Crippen LogP contribution in [0.3, 0.4) is 0 Å². The molecule has 0 radical (unpaired) electrons. The number of nitrogen functional groups attached to an aromatic ring is 1. The molecule has 0 aromatic carbocycles. The van der Waals surface area contributed by atoms with Crippen molar-refractivity contribution >= 4 is 11.6 Å². The molecule has 0 aliphatic carbocycles. The number of anilines is 2. The van der Waals surface area contributed by atoms with Crippen molar-refractivity contribution < 1.29 is 4.74 Å². The zero-order chi connectivity index (χ0) is 12.3. The van der Waals surface area contributed by atoms with Crippen LogP contribution in [0.25, 0.3) is 0 Å². The molecule has 94 valence electrons. The maximum atomic E-state index is 5.79. The average Bonchev–Trinajstić information content (AvgIpc) is 2.77. The van der Waals surface area contributed by atoms with Gasteiger partial charge in [0.1, 0.15) is 18.2 Å². The summed E-state index contributed by atoms with van der Waals surface area (Å²) < 4.78 is 5.04. The topological polar surface area (TPSA) is 64.3 Å². The second-order valence-corrected chi connectivity index (χ2v) is 4.51. The molecule has 0 spiro atoms. The standard InChI is InChI=1S/C12H20N4O/c1-3-9-4-5-16(7-9)12-6-10(13)14-11(15-12)8-17-2/h6,9H,3-5,7-8H2,1-2H3,(H2,13,14,15). The summed E-state index contributed by atoms with van der Waals surface area (Å²) in [6, 6.07) is 1.84. The van der Waals surface area contributed by atoms with Gasteiger partial charge >= 0.3 is 0 Å². The van der Waals surface area contributed by atoms with E-state index in [0.29, 0.717) is 18.2 Å². The third kappa shape index (κ3) is 2.85.